The lowest BCUT2D eigenvalue weighted by atomic mass is 9.99. The van der Waals surface area contributed by atoms with Crippen molar-refractivity contribution >= 4 is 0 Å². The number of rotatable bonds is 10. The van der Waals surface area contributed by atoms with E-state index < -0.39 is 0 Å². The normalized spacial score (nSPS) is 16.1. The molecule has 0 bridgehead atoms. The Morgan fingerprint density at radius 2 is 1.54 bits per heavy atom. The lowest BCUT2D eigenvalue weighted by Gasteiger charge is -2.26. The zero-order valence-corrected chi connectivity index (χ0v) is 17.5. The fraction of sp³-hybridized carbons (Fsp3) is 0.520. The predicted molar refractivity (Wildman–Crippen MR) is 116 cm³/mol. The largest absolute Gasteiger partial charge is 0.494 e. The Bertz CT molecular complexity index is 663. The van der Waals surface area contributed by atoms with Crippen molar-refractivity contribution in [2.75, 3.05) is 26.2 Å². The van der Waals surface area contributed by atoms with Gasteiger partial charge in [-0.1, -0.05) is 50.6 Å². The molecular formula is C25H35NO2. The topological polar surface area (TPSA) is 21.7 Å². The van der Waals surface area contributed by atoms with Crippen LogP contribution in [-0.4, -0.2) is 31.1 Å². The molecule has 3 nitrogen and oxygen atoms in total. The number of ether oxygens (including phenoxy) is 2. The van der Waals surface area contributed by atoms with Gasteiger partial charge in [0.1, 0.15) is 17.6 Å². The molecule has 1 unspecified atom stereocenters. The van der Waals surface area contributed by atoms with Crippen molar-refractivity contribution in [1.82, 2.24) is 4.90 Å². The molecule has 3 rings (SSSR count). The summed E-state index contributed by atoms with van der Waals surface area (Å²) in [5.74, 6) is 2.40. The number of nitrogens with zero attached hydrogens (tertiary/aromatic N) is 1. The minimum Gasteiger partial charge on any atom is -0.494 e. The minimum atomic E-state index is 0.0810. The predicted octanol–water partition coefficient (Wildman–Crippen LogP) is 6.11. The van der Waals surface area contributed by atoms with Gasteiger partial charge >= 0.3 is 0 Å². The van der Waals surface area contributed by atoms with E-state index in [4.69, 9.17) is 9.47 Å². The quantitative estimate of drug-likeness (QED) is 0.464. The summed E-state index contributed by atoms with van der Waals surface area (Å²) in [7, 11) is 0. The SMILES string of the molecule is CC(C)CC(Oc1ccc(OCCCN2CCCCC2)cc1)c1ccccc1. The molecule has 28 heavy (non-hydrogen) atoms. The van der Waals surface area contributed by atoms with Crippen LogP contribution in [-0.2, 0) is 0 Å². The third-order valence-electron chi connectivity index (χ3n) is 5.30. The van der Waals surface area contributed by atoms with Crippen LogP contribution in [0.15, 0.2) is 54.6 Å². The van der Waals surface area contributed by atoms with Crippen molar-refractivity contribution in [1.29, 1.82) is 0 Å². The number of likely N-dealkylation sites (tertiary alicyclic amines) is 1. The van der Waals surface area contributed by atoms with Crippen LogP contribution in [0.1, 0.15) is 57.6 Å². The summed E-state index contributed by atoms with van der Waals surface area (Å²) in [4.78, 5) is 2.56. The molecule has 0 N–H and O–H groups in total. The second kappa shape index (κ2) is 11.1. The minimum absolute atomic E-state index is 0.0810. The Balaban J connectivity index is 1.47. The van der Waals surface area contributed by atoms with Gasteiger partial charge in [0.2, 0.25) is 0 Å². The summed E-state index contributed by atoms with van der Waals surface area (Å²) in [5.41, 5.74) is 1.23. The van der Waals surface area contributed by atoms with Crippen molar-refractivity contribution < 1.29 is 9.47 Å². The van der Waals surface area contributed by atoms with Crippen LogP contribution in [0.5, 0.6) is 11.5 Å². The highest BCUT2D eigenvalue weighted by Gasteiger charge is 2.15. The lowest BCUT2D eigenvalue weighted by molar-refractivity contribution is 0.177. The molecule has 2 aromatic carbocycles. The second-order valence-corrected chi connectivity index (χ2v) is 8.22. The van der Waals surface area contributed by atoms with Gasteiger partial charge in [-0.15, -0.1) is 0 Å². The van der Waals surface area contributed by atoms with Gasteiger partial charge in [-0.2, -0.15) is 0 Å². The van der Waals surface area contributed by atoms with E-state index in [1.54, 1.807) is 0 Å². The molecule has 152 valence electrons. The van der Waals surface area contributed by atoms with Crippen molar-refractivity contribution in [2.45, 2.75) is 52.1 Å². The Kier molecular flexibility index (Phi) is 8.23. The molecule has 1 saturated heterocycles. The Hall–Kier alpha value is -2.00. The molecule has 0 spiro atoms. The van der Waals surface area contributed by atoms with Crippen LogP contribution >= 0.6 is 0 Å². The molecule has 1 aliphatic rings. The van der Waals surface area contributed by atoms with Gasteiger partial charge < -0.3 is 14.4 Å². The second-order valence-electron chi connectivity index (χ2n) is 8.22. The highest BCUT2D eigenvalue weighted by atomic mass is 16.5. The van der Waals surface area contributed by atoms with E-state index in [2.05, 4.69) is 43.0 Å². The van der Waals surface area contributed by atoms with Gasteiger partial charge in [0.15, 0.2) is 0 Å². The van der Waals surface area contributed by atoms with Crippen molar-refractivity contribution in [2.24, 2.45) is 5.92 Å². The number of benzene rings is 2. The standard InChI is InChI=1S/C25H35NO2/c1-21(2)20-25(22-10-5-3-6-11-22)28-24-14-12-23(13-15-24)27-19-9-18-26-16-7-4-8-17-26/h3,5-6,10-15,21,25H,4,7-9,16-20H2,1-2H3. The fourth-order valence-electron chi connectivity index (χ4n) is 3.79. The third kappa shape index (κ3) is 6.87. The average Bonchev–Trinajstić information content (AvgIpc) is 2.73. The molecule has 1 aliphatic heterocycles. The third-order valence-corrected chi connectivity index (χ3v) is 5.30. The van der Waals surface area contributed by atoms with Gasteiger partial charge in [0.25, 0.3) is 0 Å². The molecule has 1 atom stereocenters. The molecule has 1 heterocycles. The first-order chi connectivity index (χ1) is 13.7. The van der Waals surface area contributed by atoms with Crippen molar-refractivity contribution in [3.8, 4) is 11.5 Å². The van der Waals surface area contributed by atoms with Crippen LogP contribution in [0.3, 0.4) is 0 Å². The smallest absolute Gasteiger partial charge is 0.124 e. The number of piperidine rings is 1. The van der Waals surface area contributed by atoms with Crippen LogP contribution in [0.2, 0.25) is 0 Å². The monoisotopic (exact) mass is 381 g/mol. The zero-order valence-electron chi connectivity index (χ0n) is 17.5. The van der Waals surface area contributed by atoms with E-state index in [1.807, 2.05) is 30.3 Å². The number of hydrogen-bond acceptors (Lipinski definition) is 3. The van der Waals surface area contributed by atoms with Gasteiger partial charge in [-0.25, -0.2) is 0 Å². The van der Waals surface area contributed by atoms with Crippen LogP contribution in [0.4, 0.5) is 0 Å². The first-order valence-corrected chi connectivity index (χ1v) is 10.9. The Morgan fingerprint density at radius 3 is 2.21 bits per heavy atom. The molecule has 0 saturated carbocycles. The Morgan fingerprint density at radius 1 is 0.857 bits per heavy atom. The molecule has 1 fully saturated rings. The Labute approximate surface area is 170 Å². The van der Waals surface area contributed by atoms with Crippen molar-refractivity contribution in [3.63, 3.8) is 0 Å². The summed E-state index contributed by atoms with van der Waals surface area (Å²) in [5, 5.41) is 0. The maximum Gasteiger partial charge on any atom is 0.124 e. The average molecular weight is 382 g/mol. The highest BCUT2D eigenvalue weighted by Crippen LogP contribution is 2.28. The van der Waals surface area contributed by atoms with E-state index >= 15 is 0 Å². The molecule has 0 amide bonds. The van der Waals surface area contributed by atoms with Gasteiger partial charge in [-0.3, -0.25) is 0 Å². The fourth-order valence-corrected chi connectivity index (χ4v) is 3.79. The summed E-state index contributed by atoms with van der Waals surface area (Å²) in [6.45, 7) is 8.90. The highest BCUT2D eigenvalue weighted by molar-refractivity contribution is 5.32. The lowest BCUT2D eigenvalue weighted by Crippen LogP contribution is -2.31. The molecule has 0 aliphatic carbocycles. The van der Waals surface area contributed by atoms with Gasteiger partial charge in [0.05, 0.1) is 6.61 Å². The van der Waals surface area contributed by atoms with E-state index in [0.717, 1.165) is 37.5 Å². The van der Waals surface area contributed by atoms with E-state index in [-0.39, 0.29) is 6.10 Å². The first-order valence-electron chi connectivity index (χ1n) is 10.9. The van der Waals surface area contributed by atoms with Crippen LogP contribution in [0.25, 0.3) is 0 Å². The zero-order chi connectivity index (χ0) is 19.6. The first kappa shape index (κ1) is 20.7. The molecule has 3 heteroatoms. The van der Waals surface area contributed by atoms with E-state index in [1.165, 1.54) is 37.9 Å². The maximum absolute atomic E-state index is 6.31. The van der Waals surface area contributed by atoms with E-state index in [9.17, 15) is 0 Å². The number of hydrogen-bond donors (Lipinski definition) is 0. The van der Waals surface area contributed by atoms with Crippen molar-refractivity contribution in [3.05, 3.63) is 60.2 Å². The molecule has 0 aromatic heterocycles. The molecular weight excluding hydrogens is 346 g/mol. The summed E-state index contributed by atoms with van der Waals surface area (Å²) >= 11 is 0. The van der Waals surface area contributed by atoms with Crippen LogP contribution in [0, 0.1) is 5.92 Å². The molecule has 2 aromatic rings. The van der Waals surface area contributed by atoms with Gasteiger partial charge in [0, 0.05) is 6.54 Å². The summed E-state index contributed by atoms with van der Waals surface area (Å²) in [6, 6.07) is 18.6. The molecule has 0 radical (unpaired) electrons. The summed E-state index contributed by atoms with van der Waals surface area (Å²) < 4.78 is 12.2. The maximum atomic E-state index is 6.31. The van der Waals surface area contributed by atoms with Crippen LogP contribution < -0.4 is 9.47 Å². The summed E-state index contributed by atoms with van der Waals surface area (Å²) in [6.07, 6.45) is 6.26. The van der Waals surface area contributed by atoms with Gasteiger partial charge in [-0.05, 0) is 74.5 Å². The van der Waals surface area contributed by atoms with E-state index in [0.29, 0.717) is 5.92 Å².